The molecule has 1 atom stereocenters. The number of aliphatic hydroxyl groups is 2. The molecular weight excluding hydrogens is 618 g/mol. The number of ether oxygens (including phenoxy) is 2. The Morgan fingerprint density at radius 1 is 0.812 bits per heavy atom. The van der Waals surface area contributed by atoms with E-state index in [1.54, 1.807) is 48.6 Å². The van der Waals surface area contributed by atoms with Crippen molar-refractivity contribution >= 4 is 28.4 Å². The molecule has 1 spiro atoms. The maximum atomic E-state index is 13.9. The van der Waals surface area contributed by atoms with Crippen LogP contribution >= 0.6 is 0 Å². The lowest BCUT2D eigenvalue weighted by Crippen LogP contribution is -2.51. The first kappa shape index (κ1) is 30.4. The topological polar surface area (TPSA) is 180 Å². The van der Waals surface area contributed by atoms with Crippen LogP contribution in [0.1, 0.15) is 30.2 Å². The van der Waals surface area contributed by atoms with Crippen molar-refractivity contribution in [1.82, 2.24) is 4.98 Å². The average Bonchev–Trinajstić information content (AvgIpc) is 3.57. The third kappa shape index (κ3) is 3.84. The zero-order valence-corrected chi connectivity index (χ0v) is 25.9. The SMILES string of the molecule is C/C=C/C=C/c1cc2c(-c3ccc(OC)cc3)c3c(c(O)c2c(=O)[nH]1)C1(CC3)C(O)=c2c(=O)c3c(=O)cc(OC)c(=O)c=3c(=O)c2=C1O. The molecular formula is C37H27NO10. The molecule has 48 heavy (non-hydrogen) atoms. The summed E-state index contributed by atoms with van der Waals surface area (Å²) in [5.41, 5.74) is -4.99. The highest BCUT2D eigenvalue weighted by atomic mass is 16.5. The van der Waals surface area contributed by atoms with Crippen molar-refractivity contribution in [2.45, 2.75) is 25.2 Å². The standard InChI is InChI=1S/C37H27NO10/c1-4-5-6-7-17-14-20-23(16-8-10-18(47-2)11-9-16)19-12-13-37(29(19)33(43)24(20)36(46)38-17)34(44)27-28(35(37)45)32(42)26-25(31(27)41)21(39)15-22(48-3)30(26)40/h4-11,14-15,43-45H,12-13H2,1-3H3,(H,38,46)/b5-4+,7-6+. The fourth-order valence-corrected chi connectivity index (χ4v) is 7.31. The van der Waals surface area contributed by atoms with Gasteiger partial charge in [-0.05, 0) is 60.7 Å². The van der Waals surface area contributed by atoms with E-state index in [0.29, 0.717) is 33.5 Å². The number of hydrogen-bond acceptors (Lipinski definition) is 10. The van der Waals surface area contributed by atoms with Crippen LogP contribution in [0.3, 0.4) is 0 Å². The van der Waals surface area contributed by atoms with E-state index >= 15 is 0 Å². The van der Waals surface area contributed by atoms with Gasteiger partial charge in [0.25, 0.3) is 5.56 Å². The second-order valence-electron chi connectivity index (χ2n) is 11.7. The highest BCUT2D eigenvalue weighted by Crippen LogP contribution is 2.57. The molecule has 0 radical (unpaired) electrons. The lowest BCUT2D eigenvalue weighted by Gasteiger charge is -2.28. The fraction of sp³-hybridized carbons (Fsp3) is 0.162. The number of aliphatic hydroxyl groups excluding tert-OH is 2. The number of allylic oxidation sites excluding steroid dienone is 3. The van der Waals surface area contributed by atoms with Gasteiger partial charge in [-0.25, -0.2) is 0 Å². The molecule has 4 aliphatic carbocycles. The predicted molar refractivity (Wildman–Crippen MR) is 179 cm³/mol. The van der Waals surface area contributed by atoms with Gasteiger partial charge in [0.05, 0.1) is 40.5 Å². The van der Waals surface area contributed by atoms with Crippen LogP contribution in [0.15, 0.2) is 78.6 Å². The quantitative estimate of drug-likeness (QED) is 0.206. The predicted octanol–water partition coefficient (Wildman–Crippen LogP) is 1.78. The maximum Gasteiger partial charge on any atom is 0.260 e. The van der Waals surface area contributed by atoms with Crippen molar-refractivity contribution in [2.75, 3.05) is 14.2 Å². The van der Waals surface area contributed by atoms with Gasteiger partial charge in [-0.15, -0.1) is 0 Å². The van der Waals surface area contributed by atoms with Crippen molar-refractivity contribution in [3.63, 3.8) is 0 Å². The Morgan fingerprint density at radius 3 is 2.10 bits per heavy atom. The number of nitrogens with one attached hydrogen (secondary N) is 1. The van der Waals surface area contributed by atoms with E-state index in [4.69, 9.17) is 9.47 Å². The van der Waals surface area contributed by atoms with E-state index < -0.39 is 76.6 Å². The van der Waals surface area contributed by atoms with Crippen molar-refractivity contribution in [3.8, 4) is 28.4 Å². The summed E-state index contributed by atoms with van der Waals surface area (Å²) in [5, 5.41) is 33.2. The van der Waals surface area contributed by atoms with Crippen LogP contribution in [0.5, 0.6) is 17.2 Å². The monoisotopic (exact) mass is 645 g/mol. The lowest BCUT2D eigenvalue weighted by atomic mass is 9.77. The normalized spacial score (nSPS) is 17.0. The van der Waals surface area contributed by atoms with Gasteiger partial charge in [-0.1, -0.05) is 30.4 Å². The molecule has 0 bridgehead atoms. The van der Waals surface area contributed by atoms with Crippen LogP contribution in [0.25, 0.3) is 39.5 Å². The number of pyridine rings is 1. The summed E-state index contributed by atoms with van der Waals surface area (Å²) in [7, 11) is 2.65. The molecule has 4 N–H and O–H groups in total. The van der Waals surface area contributed by atoms with Gasteiger partial charge in [0, 0.05) is 22.7 Å². The molecule has 1 aromatic heterocycles. The summed E-state index contributed by atoms with van der Waals surface area (Å²) in [6, 6.07) is 9.47. The number of fused-ring (bicyclic) bond motifs is 4. The van der Waals surface area contributed by atoms with Crippen LogP contribution in [0.2, 0.25) is 0 Å². The van der Waals surface area contributed by atoms with Gasteiger partial charge in [0.1, 0.15) is 28.4 Å². The van der Waals surface area contributed by atoms with E-state index in [2.05, 4.69) is 4.98 Å². The summed E-state index contributed by atoms with van der Waals surface area (Å²) in [6.07, 6.45) is 7.03. The molecule has 0 saturated heterocycles. The highest BCUT2D eigenvalue weighted by Gasteiger charge is 2.54. The Morgan fingerprint density at radius 2 is 1.48 bits per heavy atom. The first-order valence-electron chi connectivity index (χ1n) is 15.0. The van der Waals surface area contributed by atoms with Crippen molar-refractivity contribution in [2.24, 2.45) is 0 Å². The van der Waals surface area contributed by atoms with E-state index in [1.165, 1.54) is 7.11 Å². The fourth-order valence-electron chi connectivity index (χ4n) is 7.31. The first-order chi connectivity index (χ1) is 23.0. The van der Waals surface area contributed by atoms with Gasteiger partial charge in [-0.2, -0.15) is 0 Å². The van der Waals surface area contributed by atoms with Crippen LogP contribution in [0, 0.1) is 10.4 Å². The smallest absolute Gasteiger partial charge is 0.260 e. The van der Waals surface area contributed by atoms with Gasteiger partial charge < -0.3 is 29.8 Å². The van der Waals surface area contributed by atoms with E-state index in [-0.39, 0.29) is 23.8 Å². The van der Waals surface area contributed by atoms with Gasteiger partial charge >= 0.3 is 0 Å². The zero-order valence-electron chi connectivity index (χ0n) is 25.9. The van der Waals surface area contributed by atoms with Crippen LogP contribution < -0.4 is 47.2 Å². The Hall–Kier alpha value is -6.23. The summed E-state index contributed by atoms with van der Waals surface area (Å²) in [6.45, 7) is 1.84. The molecule has 0 fully saturated rings. The van der Waals surface area contributed by atoms with E-state index in [0.717, 1.165) is 13.2 Å². The maximum absolute atomic E-state index is 13.9. The second kappa shape index (κ2) is 10.7. The summed E-state index contributed by atoms with van der Waals surface area (Å²) >= 11 is 0. The highest BCUT2D eigenvalue weighted by molar-refractivity contribution is 6.05. The number of aromatic amines is 1. The minimum atomic E-state index is -2.04. The van der Waals surface area contributed by atoms with Gasteiger partial charge in [0.15, 0.2) is 11.2 Å². The Bertz CT molecular complexity index is 2790. The van der Waals surface area contributed by atoms with Crippen LogP contribution in [0.4, 0.5) is 0 Å². The summed E-state index contributed by atoms with van der Waals surface area (Å²) < 4.78 is 10.3. The minimum absolute atomic E-state index is 0.0696. The van der Waals surface area contributed by atoms with Gasteiger partial charge in [0.2, 0.25) is 16.3 Å². The molecule has 0 aliphatic heterocycles. The zero-order chi connectivity index (χ0) is 34.2. The molecule has 0 amide bonds. The van der Waals surface area contributed by atoms with Crippen LogP contribution in [-0.4, -0.2) is 34.5 Å². The number of methoxy groups -OCH3 is 2. The third-order valence-electron chi connectivity index (χ3n) is 9.41. The molecule has 4 aliphatic rings. The third-order valence-corrected chi connectivity index (χ3v) is 9.41. The number of H-pyrrole nitrogens is 1. The molecule has 0 saturated carbocycles. The minimum Gasteiger partial charge on any atom is -0.510 e. The molecule has 2 aromatic carbocycles. The second-order valence-corrected chi connectivity index (χ2v) is 11.7. The molecule has 7 rings (SSSR count). The number of phenolic OH excluding ortho intramolecular Hbond substituents is 1. The number of aromatic hydroxyl groups is 1. The molecule has 11 heteroatoms. The molecule has 1 unspecified atom stereocenters. The largest absolute Gasteiger partial charge is 0.510 e. The Balaban J connectivity index is 1.67. The van der Waals surface area contributed by atoms with Crippen molar-refractivity contribution in [1.29, 1.82) is 0 Å². The number of phenols is 1. The number of benzene rings is 2. The Labute approximate surface area is 269 Å². The number of rotatable bonds is 5. The molecule has 240 valence electrons. The molecule has 11 nitrogen and oxygen atoms in total. The van der Waals surface area contributed by atoms with Gasteiger partial charge in [-0.3, -0.25) is 24.0 Å². The Kier molecular flexibility index (Phi) is 6.76. The summed E-state index contributed by atoms with van der Waals surface area (Å²) in [4.78, 5) is 70.3. The number of hydrogen-bond donors (Lipinski definition) is 4. The van der Waals surface area contributed by atoms with E-state index in [1.807, 2.05) is 13.0 Å². The first-order valence-corrected chi connectivity index (χ1v) is 15.0. The van der Waals surface area contributed by atoms with Crippen LogP contribution in [-0.2, 0) is 11.8 Å². The lowest BCUT2D eigenvalue weighted by molar-refractivity contribution is 0.362. The van der Waals surface area contributed by atoms with Crippen molar-refractivity contribution in [3.05, 3.63) is 144 Å². The number of aromatic nitrogens is 1. The average molecular weight is 646 g/mol. The summed E-state index contributed by atoms with van der Waals surface area (Å²) in [5.74, 6) is -1.99. The van der Waals surface area contributed by atoms with E-state index in [9.17, 15) is 39.3 Å². The molecule has 3 aromatic rings. The van der Waals surface area contributed by atoms with Crippen molar-refractivity contribution < 1.29 is 24.8 Å². The molecule has 1 heterocycles.